The lowest BCUT2D eigenvalue weighted by Crippen LogP contribution is -2.33. The molecule has 0 bridgehead atoms. The SMILES string of the molecule is C=CCNS(=O)(=O)c1cccc(C(=O)NCC(=O)Nc2c(C)cc(C)cc2C)c1. The van der Waals surface area contributed by atoms with E-state index >= 15 is 0 Å². The number of sulfonamides is 1. The Hall–Kier alpha value is -2.97. The number of hydrogen-bond donors (Lipinski definition) is 3. The topological polar surface area (TPSA) is 104 Å². The Morgan fingerprint density at radius 2 is 1.72 bits per heavy atom. The van der Waals surface area contributed by atoms with Crippen molar-refractivity contribution in [2.24, 2.45) is 0 Å². The molecule has 0 aliphatic carbocycles. The van der Waals surface area contributed by atoms with Crippen LogP contribution in [0.2, 0.25) is 0 Å². The Morgan fingerprint density at radius 3 is 2.34 bits per heavy atom. The van der Waals surface area contributed by atoms with E-state index in [-0.39, 0.29) is 29.5 Å². The van der Waals surface area contributed by atoms with E-state index in [9.17, 15) is 18.0 Å². The van der Waals surface area contributed by atoms with Crippen molar-refractivity contribution in [1.29, 1.82) is 0 Å². The Balaban J connectivity index is 2.03. The molecule has 0 heterocycles. The summed E-state index contributed by atoms with van der Waals surface area (Å²) in [6.07, 6.45) is 1.42. The summed E-state index contributed by atoms with van der Waals surface area (Å²) in [5.41, 5.74) is 3.83. The zero-order chi connectivity index (χ0) is 21.6. The van der Waals surface area contributed by atoms with Crippen molar-refractivity contribution in [3.05, 3.63) is 71.3 Å². The van der Waals surface area contributed by atoms with E-state index < -0.39 is 15.9 Å². The Labute approximate surface area is 171 Å². The number of hydrogen-bond acceptors (Lipinski definition) is 4. The maximum atomic E-state index is 12.4. The van der Waals surface area contributed by atoms with Gasteiger partial charge in [0.15, 0.2) is 0 Å². The van der Waals surface area contributed by atoms with Crippen molar-refractivity contribution in [3.8, 4) is 0 Å². The summed E-state index contributed by atoms with van der Waals surface area (Å²) in [5.74, 6) is -0.914. The predicted octanol–water partition coefficient (Wildman–Crippen LogP) is 2.44. The van der Waals surface area contributed by atoms with E-state index in [1.165, 1.54) is 30.3 Å². The highest BCUT2D eigenvalue weighted by molar-refractivity contribution is 7.89. The molecule has 3 N–H and O–H groups in total. The van der Waals surface area contributed by atoms with Gasteiger partial charge in [0.05, 0.1) is 11.4 Å². The highest BCUT2D eigenvalue weighted by atomic mass is 32.2. The van der Waals surface area contributed by atoms with E-state index in [4.69, 9.17) is 0 Å². The Kier molecular flexibility index (Phi) is 7.30. The fourth-order valence-electron chi connectivity index (χ4n) is 2.88. The quantitative estimate of drug-likeness (QED) is 0.576. The van der Waals surface area contributed by atoms with Crippen LogP contribution in [0, 0.1) is 20.8 Å². The molecule has 7 nitrogen and oxygen atoms in total. The van der Waals surface area contributed by atoms with E-state index in [0.717, 1.165) is 22.4 Å². The number of aryl methyl sites for hydroxylation is 3. The van der Waals surface area contributed by atoms with Gasteiger partial charge in [0.1, 0.15) is 0 Å². The number of nitrogens with one attached hydrogen (secondary N) is 3. The smallest absolute Gasteiger partial charge is 0.251 e. The first-order valence-electron chi connectivity index (χ1n) is 9.00. The van der Waals surface area contributed by atoms with Gasteiger partial charge in [0.25, 0.3) is 5.91 Å². The molecule has 0 radical (unpaired) electrons. The number of carbonyl (C=O) groups is 2. The third-order valence-corrected chi connectivity index (χ3v) is 5.60. The van der Waals surface area contributed by atoms with Crippen molar-refractivity contribution in [2.75, 3.05) is 18.4 Å². The van der Waals surface area contributed by atoms with E-state index in [2.05, 4.69) is 21.9 Å². The molecule has 0 aliphatic heterocycles. The molecule has 0 unspecified atom stereocenters. The molecule has 0 aromatic heterocycles. The number of benzene rings is 2. The van der Waals surface area contributed by atoms with E-state index in [1.54, 1.807) is 0 Å². The molecule has 29 heavy (non-hydrogen) atoms. The molecule has 2 rings (SSSR count). The lowest BCUT2D eigenvalue weighted by molar-refractivity contribution is -0.115. The molecule has 2 amide bonds. The van der Waals surface area contributed by atoms with Gasteiger partial charge < -0.3 is 10.6 Å². The van der Waals surface area contributed by atoms with Gasteiger partial charge in [0.2, 0.25) is 15.9 Å². The summed E-state index contributed by atoms with van der Waals surface area (Å²) < 4.78 is 26.7. The molecular weight excluding hydrogens is 390 g/mol. The summed E-state index contributed by atoms with van der Waals surface area (Å²) >= 11 is 0. The molecule has 0 fully saturated rings. The van der Waals surface area contributed by atoms with Gasteiger partial charge in [-0.2, -0.15) is 0 Å². The predicted molar refractivity (Wildman–Crippen MR) is 113 cm³/mol. The highest BCUT2D eigenvalue weighted by Gasteiger charge is 2.16. The lowest BCUT2D eigenvalue weighted by atomic mass is 10.1. The molecule has 0 aliphatic rings. The first-order chi connectivity index (χ1) is 13.6. The van der Waals surface area contributed by atoms with E-state index in [0.29, 0.717) is 0 Å². The van der Waals surface area contributed by atoms with Crippen LogP contribution < -0.4 is 15.4 Å². The van der Waals surface area contributed by atoms with Gasteiger partial charge in [-0.1, -0.05) is 29.8 Å². The average molecular weight is 416 g/mol. The van der Waals surface area contributed by atoms with Crippen LogP contribution in [0.5, 0.6) is 0 Å². The zero-order valence-corrected chi connectivity index (χ0v) is 17.5. The van der Waals surface area contributed by atoms with Crippen LogP contribution in [-0.4, -0.2) is 33.3 Å². The maximum absolute atomic E-state index is 12.4. The van der Waals surface area contributed by atoms with E-state index in [1.807, 2.05) is 32.9 Å². The van der Waals surface area contributed by atoms with Crippen molar-refractivity contribution in [2.45, 2.75) is 25.7 Å². The highest BCUT2D eigenvalue weighted by Crippen LogP contribution is 2.21. The summed E-state index contributed by atoms with van der Waals surface area (Å²) in [5, 5.41) is 5.31. The van der Waals surface area contributed by atoms with Crippen LogP contribution in [0.15, 0.2) is 53.9 Å². The molecule has 0 saturated carbocycles. The summed E-state index contributed by atoms with van der Waals surface area (Å²) in [4.78, 5) is 24.6. The van der Waals surface area contributed by atoms with Crippen molar-refractivity contribution in [3.63, 3.8) is 0 Å². The minimum absolute atomic E-state index is 0.0395. The molecule has 154 valence electrons. The number of anilines is 1. The van der Waals surface area contributed by atoms with Crippen LogP contribution in [-0.2, 0) is 14.8 Å². The normalized spacial score (nSPS) is 11.0. The minimum Gasteiger partial charge on any atom is -0.343 e. The summed E-state index contributed by atoms with van der Waals surface area (Å²) in [6, 6.07) is 9.52. The first-order valence-corrected chi connectivity index (χ1v) is 10.5. The van der Waals surface area contributed by atoms with Crippen LogP contribution >= 0.6 is 0 Å². The van der Waals surface area contributed by atoms with Gasteiger partial charge in [0, 0.05) is 17.8 Å². The standard InChI is InChI=1S/C21H25N3O4S/c1-5-9-23-29(27,28)18-8-6-7-17(12-18)21(26)22-13-19(25)24-20-15(3)10-14(2)11-16(20)4/h5-8,10-12,23H,1,9,13H2,2-4H3,(H,22,26)(H,24,25). The maximum Gasteiger partial charge on any atom is 0.251 e. The van der Waals surface area contributed by atoms with Crippen LogP contribution in [0.4, 0.5) is 5.69 Å². The molecule has 0 spiro atoms. The first kappa shape index (κ1) is 22.3. The van der Waals surface area contributed by atoms with Gasteiger partial charge in [-0.25, -0.2) is 13.1 Å². The summed E-state index contributed by atoms with van der Waals surface area (Å²) in [7, 11) is -3.74. The van der Waals surface area contributed by atoms with Crippen LogP contribution in [0.3, 0.4) is 0 Å². The Morgan fingerprint density at radius 1 is 1.07 bits per heavy atom. The fourth-order valence-corrected chi connectivity index (χ4v) is 3.92. The van der Waals surface area contributed by atoms with Crippen LogP contribution in [0.1, 0.15) is 27.0 Å². The second kappa shape index (κ2) is 9.49. The van der Waals surface area contributed by atoms with Crippen LogP contribution in [0.25, 0.3) is 0 Å². The molecule has 2 aromatic rings. The lowest BCUT2D eigenvalue weighted by Gasteiger charge is -2.13. The third kappa shape index (κ3) is 6.00. The number of amides is 2. The second-order valence-electron chi connectivity index (χ2n) is 6.67. The molecule has 0 atom stereocenters. The van der Waals surface area contributed by atoms with Gasteiger partial charge in [-0.3, -0.25) is 9.59 Å². The largest absolute Gasteiger partial charge is 0.343 e. The average Bonchev–Trinajstić information content (AvgIpc) is 2.67. The van der Waals surface area contributed by atoms with Crippen molar-refractivity contribution >= 4 is 27.5 Å². The zero-order valence-electron chi connectivity index (χ0n) is 16.7. The monoisotopic (exact) mass is 415 g/mol. The van der Waals surface area contributed by atoms with Crippen molar-refractivity contribution in [1.82, 2.24) is 10.0 Å². The van der Waals surface area contributed by atoms with Crippen molar-refractivity contribution < 1.29 is 18.0 Å². The van der Waals surface area contributed by atoms with Gasteiger partial charge in [-0.05, 0) is 50.1 Å². The van der Waals surface area contributed by atoms with Gasteiger partial charge >= 0.3 is 0 Å². The minimum atomic E-state index is -3.74. The molecule has 0 saturated heterocycles. The third-order valence-electron chi connectivity index (χ3n) is 4.18. The number of carbonyl (C=O) groups excluding carboxylic acids is 2. The fraction of sp³-hybridized carbons (Fsp3) is 0.238. The number of rotatable bonds is 8. The summed E-state index contributed by atoms with van der Waals surface area (Å²) in [6.45, 7) is 9.09. The Bertz CT molecular complexity index is 1020. The molecule has 2 aromatic carbocycles. The second-order valence-corrected chi connectivity index (χ2v) is 8.44. The molecule has 8 heteroatoms. The molecular formula is C21H25N3O4S. The van der Waals surface area contributed by atoms with Gasteiger partial charge in [-0.15, -0.1) is 6.58 Å².